The van der Waals surface area contributed by atoms with Crippen LogP contribution >= 0.6 is 35.4 Å². The van der Waals surface area contributed by atoms with Crippen molar-refractivity contribution in [2.75, 3.05) is 12.0 Å². The fourth-order valence-corrected chi connectivity index (χ4v) is 5.05. The highest BCUT2D eigenvalue weighted by atomic mass is 35.5. The molecule has 0 unspecified atom stereocenters. The molecule has 2 atom stereocenters. The van der Waals surface area contributed by atoms with Crippen molar-refractivity contribution in [2.24, 2.45) is 0 Å². The van der Waals surface area contributed by atoms with Gasteiger partial charge in [0.1, 0.15) is 11.8 Å². The molecule has 0 bridgehead atoms. The molecule has 0 spiro atoms. The first-order valence-electron chi connectivity index (χ1n) is 10.3. The van der Waals surface area contributed by atoms with Crippen molar-refractivity contribution in [3.05, 3.63) is 107 Å². The molecule has 4 aromatic rings. The molecule has 5 rings (SSSR count). The second-order valence-electron chi connectivity index (χ2n) is 7.59. The second kappa shape index (κ2) is 9.06. The molecule has 1 N–H and O–H groups in total. The molecule has 0 saturated carbocycles. The van der Waals surface area contributed by atoms with Crippen LogP contribution in [0.2, 0.25) is 10.0 Å². The first kappa shape index (κ1) is 21.8. The highest BCUT2D eigenvalue weighted by molar-refractivity contribution is 7.80. The maximum absolute atomic E-state index is 6.58. The van der Waals surface area contributed by atoms with Crippen LogP contribution in [0.5, 0.6) is 5.75 Å². The third-order valence-corrected chi connectivity index (χ3v) is 6.55. The van der Waals surface area contributed by atoms with Crippen molar-refractivity contribution in [2.45, 2.75) is 12.1 Å². The first-order valence-corrected chi connectivity index (χ1v) is 11.5. The van der Waals surface area contributed by atoms with Gasteiger partial charge >= 0.3 is 0 Å². The van der Waals surface area contributed by atoms with Gasteiger partial charge in [0, 0.05) is 28.8 Å². The van der Waals surface area contributed by atoms with E-state index in [1.165, 1.54) is 0 Å². The first-order chi connectivity index (χ1) is 16.1. The number of aromatic nitrogens is 2. The molecule has 166 valence electrons. The summed E-state index contributed by atoms with van der Waals surface area (Å²) in [6.45, 7) is 0. The third kappa shape index (κ3) is 4.06. The zero-order valence-corrected chi connectivity index (χ0v) is 20.0. The lowest BCUT2D eigenvalue weighted by molar-refractivity contribution is 0.415. The fourth-order valence-electron chi connectivity index (χ4n) is 4.21. The highest BCUT2D eigenvalue weighted by Gasteiger charge is 2.42. The lowest BCUT2D eigenvalue weighted by Crippen LogP contribution is -2.30. The average molecular weight is 495 g/mol. The van der Waals surface area contributed by atoms with Crippen molar-refractivity contribution < 1.29 is 4.74 Å². The van der Waals surface area contributed by atoms with Crippen LogP contribution < -0.4 is 15.0 Å². The maximum Gasteiger partial charge on any atom is 0.174 e. The van der Waals surface area contributed by atoms with E-state index < -0.39 is 0 Å². The van der Waals surface area contributed by atoms with Gasteiger partial charge in [-0.2, -0.15) is 0 Å². The van der Waals surface area contributed by atoms with E-state index in [9.17, 15) is 0 Å². The number of halogens is 2. The Balaban J connectivity index is 1.66. The number of hydrogen-bond acceptors (Lipinski definition) is 3. The van der Waals surface area contributed by atoms with Crippen molar-refractivity contribution in [1.29, 1.82) is 0 Å². The lowest BCUT2D eigenvalue weighted by Gasteiger charge is -2.29. The zero-order chi connectivity index (χ0) is 22.9. The topological polar surface area (TPSA) is 42.3 Å². The van der Waals surface area contributed by atoms with Crippen LogP contribution in [0.3, 0.4) is 0 Å². The molecule has 3 heterocycles. The third-order valence-electron chi connectivity index (χ3n) is 5.70. The molecule has 2 aromatic heterocycles. The van der Waals surface area contributed by atoms with Gasteiger partial charge in [-0.1, -0.05) is 29.3 Å². The molecule has 5 nitrogen and oxygen atoms in total. The summed E-state index contributed by atoms with van der Waals surface area (Å²) in [7, 11) is 1.65. The predicted octanol–water partition coefficient (Wildman–Crippen LogP) is 6.36. The van der Waals surface area contributed by atoms with Gasteiger partial charge in [0.15, 0.2) is 5.11 Å². The van der Waals surface area contributed by atoms with E-state index >= 15 is 0 Å². The Bertz CT molecular complexity index is 1290. The monoisotopic (exact) mass is 494 g/mol. The fraction of sp³-hybridized carbons (Fsp3) is 0.120. The zero-order valence-electron chi connectivity index (χ0n) is 17.7. The number of pyridine rings is 1. The summed E-state index contributed by atoms with van der Waals surface area (Å²) >= 11 is 18.5. The number of nitrogens with zero attached hydrogens (tertiary/aromatic N) is 3. The molecule has 0 aliphatic carbocycles. The number of thiocarbonyl (C=S) groups is 1. The standard InChI is InChI=1S/C25H20Cl2N4OS/c1-32-18-10-8-17(9-11-18)31-24(23(29-25(31)33)20-5-2-3-13-28-20)22-6-4-14-30(22)21-12-7-16(26)15-19(21)27/h2-15,23-24H,1H3,(H,29,33)/t23-,24+/m1/s1. The van der Waals surface area contributed by atoms with Gasteiger partial charge in [-0.3, -0.25) is 4.98 Å². The highest BCUT2D eigenvalue weighted by Crippen LogP contribution is 2.43. The molecule has 1 fully saturated rings. The minimum absolute atomic E-state index is 0.166. The minimum atomic E-state index is -0.178. The Morgan fingerprint density at radius 2 is 1.82 bits per heavy atom. The SMILES string of the molecule is COc1ccc(N2C(=S)N[C@H](c3ccccn3)[C@@H]2c2cccn2-c2ccc(Cl)cc2Cl)cc1. The summed E-state index contributed by atoms with van der Waals surface area (Å²) < 4.78 is 7.42. The Morgan fingerprint density at radius 3 is 2.52 bits per heavy atom. The Hall–Kier alpha value is -3.06. The molecule has 1 saturated heterocycles. The second-order valence-corrected chi connectivity index (χ2v) is 8.82. The normalized spacial score (nSPS) is 17.8. The van der Waals surface area contributed by atoms with Crippen molar-refractivity contribution in [1.82, 2.24) is 14.9 Å². The Kier molecular flexibility index (Phi) is 5.98. The molecule has 2 aromatic carbocycles. The quantitative estimate of drug-likeness (QED) is 0.326. The summed E-state index contributed by atoms with van der Waals surface area (Å²) in [5.74, 6) is 0.783. The summed E-state index contributed by atoms with van der Waals surface area (Å²) in [4.78, 5) is 6.74. The Labute approximate surface area is 207 Å². The van der Waals surface area contributed by atoms with Gasteiger partial charge in [0.05, 0.1) is 29.6 Å². The van der Waals surface area contributed by atoms with Gasteiger partial charge in [0.25, 0.3) is 0 Å². The maximum atomic E-state index is 6.58. The van der Waals surface area contributed by atoms with Crippen LogP contribution in [0, 0.1) is 0 Å². The van der Waals surface area contributed by atoms with Crippen LogP contribution in [0.15, 0.2) is 85.2 Å². The van der Waals surface area contributed by atoms with E-state index in [0.29, 0.717) is 15.2 Å². The molecule has 1 aliphatic heterocycles. The van der Waals surface area contributed by atoms with Gasteiger partial charge < -0.3 is 19.5 Å². The molecular formula is C25H20Cl2N4OS. The van der Waals surface area contributed by atoms with Crippen LogP contribution in [-0.2, 0) is 0 Å². The molecule has 8 heteroatoms. The van der Waals surface area contributed by atoms with Gasteiger partial charge in [0.2, 0.25) is 0 Å². The molecule has 0 amide bonds. The van der Waals surface area contributed by atoms with E-state index in [4.69, 9.17) is 40.2 Å². The number of methoxy groups -OCH3 is 1. The molecule has 1 aliphatic rings. The van der Waals surface area contributed by atoms with Crippen LogP contribution in [0.25, 0.3) is 5.69 Å². The minimum Gasteiger partial charge on any atom is -0.497 e. The van der Waals surface area contributed by atoms with E-state index in [0.717, 1.165) is 28.5 Å². The average Bonchev–Trinajstić information content (AvgIpc) is 3.44. The Morgan fingerprint density at radius 1 is 1.00 bits per heavy atom. The molecule has 33 heavy (non-hydrogen) atoms. The number of benzene rings is 2. The summed E-state index contributed by atoms with van der Waals surface area (Å²) in [6.07, 6.45) is 3.79. The van der Waals surface area contributed by atoms with Crippen molar-refractivity contribution >= 4 is 46.2 Å². The number of hydrogen-bond donors (Lipinski definition) is 1. The van der Waals surface area contributed by atoms with Gasteiger partial charge in [-0.15, -0.1) is 0 Å². The number of ether oxygens (including phenoxy) is 1. The number of rotatable bonds is 5. The van der Waals surface area contributed by atoms with Crippen molar-refractivity contribution in [3.8, 4) is 11.4 Å². The van der Waals surface area contributed by atoms with Gasteiger partial charge in [-0.25, -0.2) is 0 Å². The van der Waals surface area contributed by atoms with Crippen LogP contribution in [0.4, 0.5) is 5.69 Å². The lowest BCUT2D eigenvalue weighted by atomic mass is 10.0. The predicted molar refractivity (Wildman–Crippen MR) is 137 cm³/mol. The number of anilines is 1. The summed E-state index contributed by atoms with van der Waals surface area (Å²) in [6, 6.07) is 23.0. The van der Waals surface area contributed by atoms with Crippen molar-refractivity contribution in [3.63, 3.8) is 0 Å². The van der Waals surface area contributed by atoms with Crippen LogP contribution in [0.1, 0.15) is 23.5 Å². The largest absolute Gasteiger partial charge is 0.497 e. The molecule has 0 radical (unpaired) electrons. The smallest absolute Gasteiger partial charge is 0.174 e. The van der Waals surface area contributed by atoms with E-state index in [1.54, 1.807) is 19.4 Å². The summed E-state index contributed by atoms with van der Waals surface area (Å²) in [5, 5.41) is 5.26. The van der Waals surface area contributed by atoms with E-state index in [1.807, 2.05) is 66.9 Å². The van der Waals surface area contributed by atoms with E-state index in [-0.39, 0.29) is 12.1 Å². The molecular weight excluding hydrogens is 475 g/mol. The van der Waals surface area contributed by atoms with Gasteiger partial charge in [-0.05, 0) is 78.9 Å². The summed E-state index contributed by atoms with van der Waals surface area (Å²) in [5.41, 5.74) is 3.70. The number of nitrogens with one attached hydrogen (secondary N) is 1. The van der Waals surface area contributed by atoms with Crippen LogP contribution in [-0.4, -0.2) is 21.8 Å². The van der Waals surface area contributed by atoms with E-state index in [2.05, 4.69) is 25.8 Å².